The first-order valence-electron chi connectivity index (χ1n) is 11.8. The van der Waals surface area contributed by atoms with Crippen LogP contribution in [0.15, 0.2) is 42.9 Å². The van der Waals surface area contributed by atoms with Crippen LogP contribution < -0.4 is 0 Å². The summed E-state index contributed by atoms with van der Waals surface area (Å²) in [4.78, 5) is 13.5. The molecule has 3 aromatic heterocycles. The maximum Gasteiger partial charge on any atom is 0.252 e. The summed E-state index contributed by atoms with van der Waals surface area (Å²) in [6, 6.07) is 9.56. The van der Waals surface area contributed by atoms with Crippen LogP contribution in [0.3, 0.4) is 0 Å². The lowest BCUT2D eigenvalue weighted by Crippen LogP contribution is -2.38. The van der Waals surface area contributed by atoms with Gasteiger partial charge in [0.25, 0.3) is 5.95 Å². The zero-order valence-electron chi connectivity index (χ0n) is 19.8. The van der Waals surface area contributed by atoms with E-state index in [0.29, 0.717) is 24.6 Å². The van der Waals surface area contributed by atoms with E-state index in [-0.39, 0.29) is 22.6 Å². The fraction of sp³-hybridized carbons (Fsp3) is 0.346. The van der Waals surface area contributed by atoms with Crippen molar-refractivity contribution >= 4 is 0 Å². The van der Waals surface area contributed by atoms with E-state index in [1.807, 2.05) is 6.07 Å². The van der Waals surface area contributed by atoms with Crippen LogP contribution in [0.25, 0.3) is 17.2 Å². The smallest absolute Gasteiger partial charge is 0.220 e. The van der Waals surface area contributed by atoms with Crippen molar-refractivity contribution in [2.24, 2.45) is 5.41 Å². The van der Waals surface area contributed by atoms with E-state index in [2.05, 4.69) is 45.2 Å². The molecule has 0 N–H and O–H groups in total. The summed E-state index contributed by atoms with van der Waals surface area (Å²) in [6.45, 7) is 4.37. The number of nitriles is 1. The molecule has 1 saturated carbocycles. The molecule has 3 heterocycles. The monoisotopic (exact) mass is 484 g/mol. The summed E-state index contributed by atoms with van der Waals surface area (Å²) in [5.41, 5.74) is 1.79. The maximum absolute atomic E-state index is 14.5. The Morgan fingerprint density at radius 2 is 1.94 bits per heavy atom. The van der Waals surface area contributed by atoms with Gasteiger partial charge in [0, 0.05) is 19.0 Å². The lowest BCUT2D eigenvalue weighted by molar-refractivity contribution is 0.242. The molecule has 6 rings (SSSR count). The Hall–Kier alpha value is -4.13. The lowest BCUT2D eigenvalue weighted by atomic mass is 9.66. The molecule has 4 aromatic rings. The molecule has 2 aliphatic carbocycles. The van der Waals surface area contributed by atoms with Crippen LogP contribution in [0.1, 0.15) is 61.8 Å². The summed E-state index contributed by atoms with van der Waals surface area (Å²) < 4.78 is 30.5. The van der Waals surface area contributed by atoms with Gasteiger partial charge >= 0.3 is 0 Å². The van der Waals surface area contributed by atoms with Crippen LogP contribution in [0.2, 0.25) is 0 Å². The fourth-order valence-electron chi connectivity index (χ4n) is 6.13. The molecule has 0 radical (unpaired) electrons. The average Bonchev–Trinajstić information content (AvgIpc) is 3.50. The van der Waals surface area contributed by atoms with Gasteiger partial charge in [0.2, 0.25) is 0 Å². The van der Waals surface area contributed by atoms with Gasteiger partial charge in [0.1, 0.15) is 18.0 Å². The molecule has 0 spiro atoms. The quantitative estimate of drug-likeness (QED) is 0.412. The molecule has 10 heteroatoms. The van der Waals surface area contributed by atoms with Gasteiger partial charge in [-0.05, 0) is 54.0 Å². The largest absolute Gasteiger partial charge is 0.252 e. The number of aryl methyl sites for hydroxylation is 1. The van der Waals surface area contributed by atoms with Crippen molar-refractivity contribution in [3.63, 3.8) is 0 Å². The summed E-state index contributed by atoms with van der Waals surface area (Å²) in [5.74, 6) is -0.259. The van der Waals surface area contributed by atoms with E-state index in [0.717, 1.165) is 29.8 Å². The fourth-order valence-corrected chi connectivity index (χ4v) is 6.13. The number of nitrogens with zero attached hydrogens (tertiary/aromatic N) is 8. The molecule has 8 nitrogen and oxygen atoms in total. The van der Waals surface area contributed by atoms with E-state index < -0.39 is 17.0 Å². The predicted molar refractivity (Wildman–Crippen MR) is 125 cm³/mol. The predicted octanol–water partition coefficient (Wildman–Crippen LogP) is 4.45. The summed E-state index contributed by atoms with van der Waals surface area (Å²) in [7, 11) is 0. The highest BCUT2D eigenvalue weighted by molar-refractivity contribution is 5.64. The topological polar surface area (TPSA) is 106 Å². The maximum atomic E-state index is 14.5. The van der Waals surface area contributed by atoms with E-state index >= 15 is 0 Å². The Kier molecular flexibility index (Phi) is 4.93. The molecule has 0 saturated heterocycles. The molecule has 1 fully saturated rings. The van der Waals surface area contributed by atoms with Crippen molar-refractivity contribution in [1.29, 1.82) is 5.26 Å². The van der Waals surface area contributed by atoms with Crippen molar-refractivity contribution in [2.45, 2.75) is 50.9 Å². The van der Waals surface area contributed by atoms with Crippen LogP contribution in [-0.4, -0.2) is 34.9 Å². The number of fused-ring (bicyclic) bond motifs is 5. The Morgan fingerprint density at radius 1 is 1.14 bits per heavy atom. The van der Waals surface area contributed by atoms with Gasteiger partial charge in [-0.2, -0.15) is 15.0 Å². The van der Waals surface area contributed by atoms with Crippen molar-refractivity contribution in [3.05, 3.63) is 77.3 Å². The molecular formula is C26H22F2N8. The first-order valence-corrected chi connectivity index (χ1v) is 11.8. The third-order valence-corrected chi connectivity index (χ3v) is 7.89. The number of hydrogen-bond acceptors (Lipinski definition) is 7. The van der Waals surface area contributed by atoms with Gasteiger partial charge in [0.05, 0.1) is 34.1 Å². The van der Waals surface area contributed by atoms with Crippen LogP contribution in [-0.2, 0) is 11.8 Å². The second kappa shape index (κ2) is 7.95. The number of benzene rings is 1. The normalized spacial score (nSPS) is 21.4. The standard InChI is InChI=1S/C26H22F2N8/c1-25(2)16-8-10-26(25,20-9-12-30-24(32-20)36-14-31-21(35-36)7-4-11-29)23-15(16)13-19(33-34-23)22-17(27)5-3-6-18(22)28/h3,5-6,9,12-14,16H,4,7-8,10H2,1-2H3/t16-,26-/m0/s1. The highest BCUT2D eigenvalue weighted by Gasteiger charge is 2.65. The Labute approximate surface area is 206 Å². The van der Waals surface area contributed by atoms with Gasteiger partial charge in [-0.15, -0.1) is 10.2 Å². The van der Waals surface area contributed by atoms with Crippen LogP contribution in [0.4, 0.5) is 8.78 Å². The highest BCUT2D eigenvalue weighted by atomic mass is 19.1. The number of halogens is 2. The summed E-state index contributed by atoms with van der Waals surface area (Å²) in [5, 5.41) is 22.1. The molecule has 0 amide bonds. The highest BCUT2D eigenvalue weighted by Crippen LogP contribution is 2.69. The van der Waals surface area contributed by atoms with Crippen molar-refractivity contribution < 1.29 is 8.78 Å². The summed E-state index contributed by atoms with van der Waals surface area (Å²) in [6.07, 6.45) is 5.74. The van der Waals surface area contributed by atoms with Crippen LogP contribution in [0, 0.1) is 28.4 Å². The second-order valence-corrected chi connectivity index (χ2v) is 9.85. The van der Waals surface area contributed by atoms with Crippen molar-refractivity contribution in [3.8, 4) is 23.3 Å². The van der Waals surface area contributed by atoms with Gasteiger partial charge in [-0.1, -0.05) is 19.9 Å². The zero-order valence-corrected chi connectivity index (χ0v) is 19.8. The zero-order chi connectivity index (χ0) is 25.1. The number of hydrogen-bond donors (Lipinski definition) is 0. The van der Waals surface area contributed by atoms with Crippen molar-refractivity contribution in [2.75, 3.05) is 0 Å². The molecule has 0 aliphatic heterocycles. The number of aromatic nitrogens is 7. The minimum absolute atomic E-state index is 0.138. The number of rotatable bonds is 5. The van der Waals surface area contributed by atoms with Crippen LogP contribution >= 0.6 is 0 Å². The minimum atomic E-state index is -0.663. The molecular weight excluding hydrogens is 462 g/mol. The molecule has 2 aliphatic rings. The Balaban J connectivity index is 1.45. The van der Waals surface area contributed by atoms with E-state index in [4.69, 9.17) is 10.2 Å². The van der Waals surface area contributed by atoms with Crippen LogP contribution in [0.5, 0.6) is 0 Å². The minimum Gasteiger partial charge on any atom is -0.220 e. The molecule has 1 aromatic carbocycles. The SMILES string of the molecule is CC1(C)[C@H]2CC[C@]1(c1ccnc(-n3cnc(CCC#N)n3)n1)c1nnc(-c3c(F)cccc3F)cc12. The van der Waals surface area contributed by atoms with E-state index in [1.54, 1.807) is 18.6 Å². The molecule has 36 heavy (non-hydrogen) atoms. The Bertz CT molecular complexity index is 1520. The second-order valence-electron chi connectivity index (χ2n) is 9.85. The van der Waals surface area contributed by atoms with E-state index in [1.165, 1.54) is 22.9 Å². The van der Waals surface area contributed by atoms with Gasteiger partial charge in [-0.25, -0.2) is 23.7 Å². The average molecular weight is 485 g/mol. The first kappa shape index (κ1) is 22.3. The summed E-state index contributed by atoms with van der Waals surface area (Å²) >= 11 is 0. The first-order chi connectivity index (χ1) is 17.4. The molecule has 0 unspecified atom stereocenters. The molecule has 2 bridgehead atoms. The van der Waals surface area contributed by atoms with E-state index in [9.17, 15) is 8.78 Å². The van der Waals surface area contributed by atoms with Gasteiger partial charge in [-0.3, -0.25) is 0 Å². The Morgan fingerprint density at radius 3 is 2.72 bits per heavy atom. The third kappa shape index (κ3) is 3.02. The van der Waals surface area contributed by atoms with Gasteiger partial charge < -0.3 is 0 Å². The lowest BCUT2D eigenvalue weighted by Gasteiger charge is -2.37. The third-order valence-electron chi connectivity index (χ3n) is 7.89. The molecule has 2 atom stereocenters. The van der Waals surface area contributed by atoms with Crippen molar-refractivity contribution in [1.82, 2.24) is 34.9 Å². The van der Waals surface area contributed by atoms with Gasteiger partial charge in [0.15, 0.2) is 5.82 Å². The molecule has 180 valence electrons.